The van der Waals surface area contributed by atoms with Crippen LogP contribution in [0.15, 0.2) is 42.6 Å². The summed E-state index contributed by atoms with van der Waals surface area (Å²) in [6, 6.07) is 9.06. The second-order valence-electron chi connectivity index (χ2n) is 5.44. The number of amides is 1. The average Bonchev–Trinajstić information content (AvgIpc) is 2.55. The summed E-state index contributed by atoms with van der Waals surface area (Å²) in [6.45, 7) is 1.02. The molecule has 1 aliphatic heterocycles. The Labute approximate surface area is 133 Å². The van der Waals surface area contributed by atoms with Gasteiger partial charge in [0.2, 0.25) is 0 Å². The van der Waals surface area contributed by atoms with E-state index in [2.05, 4.69) is 4.98 Å². The van der Waals surface area contributed by atoms with Gasteiger partial charge < -0.3 is 14.7 Å². The number of benzene rings is 1. The van der Waals surface area contributed by atoms with Crippen molar-refractivity contribution >= 4 is 5.91 Å². The monoisotopic (exact) mass is 316 g/mol. The number of halogens is 1. The second kappa shape index (κ2) is 6.64. The molecule has 2 aromatic rings. The Bertz CT molecular complexity index is 700. The summed E-state index contributed by atoms with van der Waals surface area (Å²) in [5.41, 5.74) is 0.0667. The number of nitrogens with zero attached hydrogens (tertiary/aromatic N) is 2. The summed E-state index contributed by atoms with van der Waals surface area (Å²) in [5, 5.41) is 9.71. The van der Waals surface area contributed by atoms with Crippen LogP contribution in [0.1, 0.15) is 23.3 Å². The fraction of sp³-hybridized carbons (Fsp3) is 0.294. The van der Waals surface area contributed by atoms with Crippen molar-refractivity contribution in [3.8, 4) is 11.5 Å². The number of carbonyl (C=O) groups excluding carboxylic acids is 1. The maximum atomic E-state index is 13.2. The molecule has 1 aromatic carbocycles. The number of aromatic hydroxyl groups is 1. The molecular weight excluding hydrogens is 299 g/mol. The lowest BCUT2D eigenvalue weighted by Gasteiger charge is -2.32. The molecule has 120 valence electrons. The summed E-state index contributed by atoms with van der Waals surface area (Å²) < 4.78 is 18.9. The number of hydrogen-bond donors (Lipinski definition) is 1. The number of ether oxygens (including phenoxy) is 1. The minimum Gasteiger partial charge on any atom is -0.505 e. The molecule has 1 saturated heterocycles. The van der Waals surface area contributed by atoms with E-state index in [1.165, 1.54) is 24.4 Å². The van der Waals surface area contributed by atoms with Gasteiger partial charge in [-0.15, -0.1) is 0 Å². The van der Waals surface area contributed by atoms with E-state index in [0.29, 0.717) is 31.7 Å². The van der Waals surface area contributed by atoms with Crippen molar-refractivity contribution in [3.63, 3.8) is 0 Å². The van der Waals surface area contributed by atoms with Crippen LogP contribution in [0.4, 0.5) is 4.39 Å². The zero-order valence-corrected chi connectivity index (χ0v) is 12.5. The Morgan fingerprint density at radius 3 is 2.74 bits per heavy atom. The molecule has 1 amide bonds. The van der Waals surface area contributed by atoms with E-state index in [4.69, 9.17) is 4.74 Å². The normalized spacial score (nSPS) is 15.4. The van der Waals surface area contributed by atoms with Gasteiger partial charge in [0.05, 0.1) is 0 Å². The molecule has 23 heavy (non-hydrogen) atoms. The highest BCUT2D eigenvalue weighted by atomic mass is 19.1. The van der Waals surface area contributed by atoms with Crippen molar-refractivity contribution in [3.05, 3.63) is 54.1 Å². The predicted octanol–water partition coefficient (Wildman–Crippen LogP) is 2.61. The molecule has 1 N–H and O–H groups in total. The Kier molecular flexibility index (Phi) is 4.41. The first-order valence-electron chi connectivity index (χ1n) is 7.49. The van der Waals surface area contributed by atoms with Gasteiger partial charge >= 0.3 is 0 Å². The van der Waals surface area contributed by atoms with Gasteiger partial charge in [-0.25, -0.2) is 9.37 Å². The van der Waals surface area contributed by atoms with Gasteiger partial charge in [-0.3, -0.25) is 4.79 Å². The standard InChI is InChI=1S/C17H17FN2O3/c18-12-3-1-4-14(11-12)23-13-6-9-20(10-7-13)17(22)16-15(21)5-2-8-19-16/h1-5,8,11,13,21H,6-7,9-10H2. The molecule has 0 unspecified atom stereocenters. The van der Waals surface area contributed by atoms with E-state index < -0.39 is 0 Å². The van der Waals surface area contributed by atoms with E-state index in [9.17, 15) is 14.3 Å². The lowest BCUT2D eigenvalue weighted by atomic mass is 10.1. The van der Waals surface area contributed by atoms with Gasteiger partial charge in [0.25, 0.3) is 5.91 Å². The van der Waals surface area contributed by atoms with Crippen LogP contribution in [0.5, 0.6) is 11.5 Å². The van der Waals surface area contributed by atoms with E-state index in [0.717, 1.165) is 0 Å². The van der Waals surface area contributed by atoms with Crippen LogP contribution in [-0.4, -0.2) is 40.1 Å². The van der Waals surface area contributed by atoms with Gasteiger partial charge in [-0.1, -0.05) is 6.07 Å². The summed E-state index contributed by atoms with van der Waals surface area (Å²) in [4.78, 5) is 17.9. The Morgan fingerprint density at radius 1 is 1.26 bits per heavy atom. The van der Waals surface area contributed by atoms with Crippen LogP contribution >= 0.6 is 0 Å². The van der Waals surface area contributed by atoms with Gasteiger partial charge in [-0.2, -0.15) is 0 Å². The first-order valence-corrected chi connectivity index (χ1v) is 7.49. The van der Waals surface area contributed by atoms with Crippen molar-refractivity contribution in [2.24, 2.45) is 0 Å². The highest BCUT2D eigenvalue weighted by Crippen LogP contribution is 2.22. The van der Waals surface area contributed by atoms with Gasteiger partial charge in [0.15, 0.2) is 5.69 Å². The SMILES string of the molecule is O=C(c1ncccc1O)N1CCC(Oc2cccc(F)c2)CC1. The topological polar surface area (TPSA) is 62.7 Å². The minimum atomic E-state index is -0.333. The lowest BCUT2D eigenvalue weighted by molar-refractivity contribution is 0.0587. The quantitative estimate of drug-likeness (QED) is 0.945. The number of hydrogen-bond acceptors (Lipinski definition) is 4. The molecular formula is C17H17FN2O3. The molecule has 6 heteroatoms. The third-order valence-corrected chi connectivity index (χ3v) is 3.82. The minimum absolute atomic E-state index is 0.0572. The molecule has 1 fully saturated rings. The van der Waals surface area contributed by atoms with Crippen molar-refractivity contribution in [2.45, 2.75) is 18.9 Å². The molecule has 2 heterocycles. The summed E-state index contributed by atoms with van der Waals surface area (Å²) in [7, 11) is 0. The third kappa shape index (κ3) is 3.59. The van der Waals surface area contributed by atoms with Crippen LogP contribution in [0.2, 0.25) is 0 Å². The Hall–Kier alpha value is -2.63. The number of piperidine rings is 1. The van der Waals surface area contributed by atoms with E-state index in [1.54, 1.807) is 23.1 Å². The Balaban J connectivity index is 1.58. The van der Waals surface area contributed by atoms with E-state index in [1.807, 2.05) is 0 Å². The van der Waals surface area contributed by atoms with Crippen molar-refractivity contribution in [1.82, 2.24) is 9.88 Å². The van der Waals surface area contributed by atoms with Gasteiger partial charge in [0, 0.05) is 38.2 Å². The zero-order chi connectivity index (χ0) is 16.2. The summed E-state index contributed by atoms with van der Waals surface area (Å²) in [6.07, 6.45) is 2.72. The van der Waals surface area contributed by atoms with Crippen LogP contribution in [0, 0.1) is 5.82 Å². The lowest BCUT2D eigenvalue weighted by Crippen LogP contribution is -2.42. The number of carbonyl (C=O) groups is 1. The smallest absolute Gasteiger partial charge is 0.276 e. The van der Waals surface area contributed by atoms with Crippen LogP contribution in [-0.2, 0) is 0 Å². The largest absolute Gasteiger partial charge is 0.505 e. The highest BCUT2D eigenvalue weighted by Gasteiger charge is 2.26. The molecule has 0 aliphatic carbocycles. The van der Waals surface area contributed by atoms with Gasteiger partial charge in [0.1, 0.15) is 23.4 Å². The molecule has 3 rings (SSSR count). The number of pyridine rings is 1. The summed E-state index contributed by atoms with van der Waals surface area (Å²) in [5.74, 6) is -0.235. The van der Waals surface area contributed by atoms with Crippen molar-refractivity contribution in [1.29, 1.82) is 0 Å². The molecule has 0 radical (unpaired) electrons. The average molecular weight is 316 g/mol. The summed E-state index contributed by atoms with van der Waals surface area (Å²) >= 11 is 0. The third-order valence-electron chi connectivity index (χ3n) is 3.82. The maximum absolute atomic E-state index is 13.2. The van der Waals surface area contributed by atoms with Crippen LogP contribution in [0.3, 0.4) is 0 Å². The highest BCUT2D eigenvalue weighted by molar-refractivity contribution is 5.94. The van der Waals surface area contributed by atoms with E-state index in [-0.39, 0.29) is 29.3 Å². The fourth-order valence-electron chi connectivity index (χ4n) is 2.62. The molecule has 0 saturated carbocycles. The fourth-order valence-corrected chi connectivity index (χ4v) is 2.62. The Morgan fingerprint density at radius 2 is 2.04 bits per heavy atom. The molecule has 1 aliphatic rings. The van der Waals surface area contributed by atoms with Crippen LogP contribution < -0.4 is 4.74 Å². The predicted molar refractivity (Wildman–Crippen MR) is 81.9 cm³/mol. The molecule has 0 atom stereocenters. The van der Waals surface area contributed by atoms with Crippen molar-refractivity contribution in [2.75, 3.05) is 13.1 Å². The first kappa shape index (κ1) is 15.3. The maximum Gasteiger partial charge on any atom is 0.276 e. The molecule has 1 aromatic heterocycles. The molecule has 5 nitrogen and oxygen atoms in total. The first-order chi connectivity index (χ1) is 11.1. The van der Waals surface area contributed by atoms with Crippen molar-refractivity contribution < 1.29 is 19.0 Å². The second-order valence-corrected chi connectivity index (χ2v) is 5.44. The number of likely N-dealkylation sites (tertiary alicyclic amines) is 1. The molecule has 0 spiro atoms. The molecule has 0 bridgehead atoms. The van der Waals surface area contributed by atoms with Crippen LogP contribution in [0.25, 0.3) is 0 Å². The number of aromatic nitrogens is 1. The van der Waals surface area contributed by atoms with E-state index >= 15 is 0 Å². The number of rotatable bonds is 3. The van der Waals surface area contributed by atoms with Gasteiger partial charge in [-0.05, 0) is 24.3 Å². The zero-order valence-electron chi connectivity index (χ0n) is 12.5.